The van der Waals surface area contributed by atoms with Crippen molar-refractivity contribution in [3.63, 3.8) is 0 Å². The van der Waals surface area contributed by atoms with Crippen molar-refractivity contribution in [1.29, 1.82) is 0 Å². The molecule has 0 N–H and O–H groups in total. The van der Waals surface area contributed by atoms with Gasteiger partial charge < -0.3 is 4.74 Å². The lowest BCUT2D eigenvalue weighted by molar-refractivity contribution is -0.138. The molecule has 0 bridgehead atoms. The van der Waals surface area contributed by atoms with Gasteiger partial charge >= 0.3 is 5.97 Å². The molecule has 3 aliphatic rings. The Labute approximate surface area is 103 Å². The predicted octanol–water partition coefficient (Wildman–Crippen LogP) is 3.24. The average molecular weight is 232 g/mol. The molecule has 17 heavy (non-hydrogen) atoms. The molecule has 1 aliphatic heterocycles. The largest absolute Gasteiger partial charge is 0.454 e. The predicted molar refractivity (Wildman–Crippen MR) is 66.3 cm³/mol. The first-order chi connectivity index (χ1) is 8.09. The molecule has 0 spiro atoms. The van der Waals surface area contributed by atoms with Crippen molar-refractivity contribution in [1.82, 2.24) is 0 Å². The first kappa shape index (κ1) is 11.1. The van der Waals surface area contributed by atoms with Gasteiger partial charge in [-0.2, -0.15) is 0 Å². The van der Waals surface area contributed by atoms with Crippen LogP contribution in [0.15, 0.2) is 23.3 Å². The van der Waals surface area contributed by atoms with Gasteiger partial charge in [0.1, 0.15) is 6.10 Å². The van der Waals surface area contributed by atoms with E-state index in [-0.39, 0.29) is 18.0 Å². The zero-order valence-corrected chi connectivity index (χ0v) is 10.7. The highest BCUT2D eigenvalue weighted by molar-refractivity contribution is 5.91. The fourth-order valence-electron chi connectivity index (χ4n) is 3.89. The van der Waals surface area contributed by atoms with Crippen molar-refractivity contribution in [3.05, 3.63) is 23.3 Å². The molecule has 0 amide bonds. The van der Waals surface area contributed by atoms with E-state index in [1.54, 1.807) is 0 Å². The summed E-state index contributed by atoms with van der Waals surface area (Å²) in [4.78, 5) is 11.7. The molecule has 0 aromatic carbocycles. The molecular weight excluding hydrogens is 212 g/mol. The second kappa shape index (κ2) is 3.72. The summed E-state index contributed by atoms with van der Waals surface area (Å²) in [6, 6.07) is 0. The molecule has 1 saturated carbocycles. The lowest BCUT2D eigenvalue weighted by Gasteiger charge is -2.23. The van der Waals surface area contributed by atoms with E-state index in [9.17, 15) is 4.79 Å². The van der Waals surface area contributed by atoms with Gasteiger partial charge in [-0.3, -0.25) is 0 Å². The van der Waals surface area contributed by atoms with Crippen molar-refractivity contribution in [2.45, 2.75) is 45.6 Å². The second-order valence-corrected chi connectivity index (χ2v) is 5.89. The van der Waals surface area contributed by atoms with Gasteiger partial charge in [0.15, 0.2) is 0 Å². The lowest BCUT2D eigenvalue weighted by Crippen LogP contribution is -2.21. The van der Waals surface area contributed by atoms with Gasteiger partial charge in [-0.05, 0) is 50.0 Å². The van der Waals surface area contributed by atoms with Crippen LogP contribution < -0.4 is 0 Å². The summed E-state index contributed by atoms with van der Waals surface area (Å²) in [6.07, 6.45) is 4.70. The van der Waals surface area contributed by atoms with Gasteiger partial charge in [0.05, 0.1) is 0 Å². The maximum atomic E-state index is 11.7. The van der Waals surface area contributed by atoms with Crippen LogP contribution in [-0.2, 0) is 9.53 Å². The van der Waals surface area contributed by atoms with Crippen molar-refractivity contribution in [3.8, 4) is 0 Å². The topological polar surface area (TPSA) is 26.3 Å². The molecular formula is C15H20O2. The summed E-state index contributed by atoms with van der Waals surface area (Å²) < 4.78 is 5.59. The summed E-state index contributed by atoms with van der Waals surface area (Å²) in [5.74, 6) is 1.45. The molecule has 92 valence electrons. The Morgan fingerprint density at radius 3 is 2.76 bits per heavy atom. The van der Waals surface area contributed by atoms with Crippen LogP contribution in [0.3, 0.4) is 0 Å². The van der Waals surface area contributed by atoms with Crippen LogP contribution in [0.1, 0.15) is 39.5 Å². The summed E-state index contributed by atoms with van der Waals surface area (Å²) in [7, 11) is 0. The van der Waals surface area contributed by atoms with Crippen LogP contribution >= 0.6 is 0 Å². The van der Waals surface area contributed by atoms with E-state index in [1.165, 1.54) is 30.4 Å². The van der Waals surface area contributed by atoms with Gasteiger partial charge in [-0.15, -0.1) is 0 Å². The van der Waals surface area contributed by atoms with Crippen molar-refractivity contribution < 1.29 is 9.53 Å². The number of allylic oxidation sites excluding steroid dienone is 1. The summed E-state index contributed by atoms with van der Waals surface area (Å²) in [5.41, 5.74) is 3.60. The molecule has 2 nitrogen and oxygen atoms in total. The van der Waals surface area contributed by atoms with Gasteiger partial charge in [-0.1, -0.05) is 19.1 Å². The van der Waals surface area contributed by atoms with Crippen molar-refractivity contribution >= 4 is 5.97 Å². The minimum absolute atomic E-state index is 0.0208. The van der Waals surface area contributed by atoms with Crippen LogP contribution in [0.5, 0.6) is 0 Å². The molecule has 2 fully saturated rings. The monoisotopic (exact) mass is 232 g/mol. The molecule has 2 aliphatic carbocycles. The number of rotatable bonds is 0. The molecule has 1 saturated heterocycles. The third-order valence-corrected chi connectivity index (χ3v) is 4.96. The van der Waals surface area contributed by atoms with Gasteiger partial charge in [0, 0.05) is 11.5 Å². The zero-order valence-electron chi connectivity index (χ0n) is 10.7. The standard InChI is InChI=1S/C15H20O2/c1-8-4-7-12-10(3)15(16)17-14(12)13-9(2)5-6-11(8)13/h8,11-12,14H,3-7H2,1-2H3/t8-,11-,12-,14+/m1/s1. The Hall–Kier alpha value is -1.05. The van der Waals surface area contributed by atoms with E-state index >= 15 is 0 Å². The number of hydrogen-bond acceptors (Lipinski definition) is 2. The first-order valence-electron chi connectivity index (χ1n) is 6.69. The Kier molecular flexibility index (Phi) is 2.42. The van der Waals surface area contributed by atoms with Gasteiger partial charge in [0.25, 0.3) is 0 Å². The quantitative estimate of drug-likeness (QED) is 0.364. The Morgan fingerprint density at radius 2 is 2.00 bits per heavy atom. The number of esters is 1. The average Bonchev–Trinajstić information content (AvgIpc) is 2.75. The molecule has 1 heterocycles. The maximum absolute atomic E-state index is 11.7. The Balaban J connectivity index is 2.03. The van der Waals surface area contributed by atoms with Crippen molar-refractivity contribution in [2.24, 2.45) is 17.8 Å². The summed E-state index contributed by atoms with van der Waals surface area (Å²) >= 11 is 0. The highest BCUT2D eigenvalue weighted by Gasteiger charge is 2.47. The van der Waals surface area contributed by atoms with Crippen LogP contribution in [0.4, 0.5) is 0 Å². The number of fused-ring (bicyclic) bond motifs is 3. The van der Waals surface area contributed by atoms with Gasteiger partial charge in [-0.25, -0.2) is 4.79 Å². The molecule has 0 aromatic rings. The molecule has 0 radical (unpaired) electrons. The summed E-state index contributed by atoms with van der Waals surface area (Å²) in [6.45, 7) is 8.48. The second-order valence-electron chi connectivity index (χ2n) is 5.89. The highest BCUT2D eigenvalue weighted by Crippen LogP contribution is 2.49. The zero-order chi connectivity index (χ0) is 12.2. The number of hydrogen-bond donors (Lipinski definition) is 0. The van der Waals surface area contributed by atoms with E-state index in [2.05, 4.69) is 20.4 Å². The van der Waals surface area contributed by atoms with Crippen LogP contribution in [0.2, 0.25) is 0 Å². The van der Waals surface area contributed by atoms with E-state index in [0.717, 1.165) is 12.3 Å². The smallest absolute Gasteiger partial charge is 0.334 e. The fraction of sp³-hybridized carbons (Fsp3) is 0.667. The van der Waals surface area contributed by atoms with E-state index in [1.807, 2.05) is 0 Å². The first-order valence-corrected chi connectivity index (χ1v) is 6.69. The molecule has 0 aromatic heterocycles. The minimum atomic E-state index is -0.166. The highest BCUT2D eigenvalue weighted by atomic mass is 16.6. The summed E-state index contributed by atoms with van der Waals surface area (Å²) in [5, 5.41) is 0. The van der Waals surface area contributed by atoms with Crippen LogP contribution in [0, 0.1) is 17.8 Å². The third-order valence-electron chi connectivity index (χ3n) is 4.96. The molecule has 0 unspecified atom stereocenters. The Morgan fingerprint density at radius 1 is 1.24 bits per heavy atom. The number of ether oxygens (including phenoxy) is 1. The number of carbonyl (C=O) groups is 1. The van der Waals surface area contributed by atoms with Crippen molar-refractivity contribution in [2.75, 3.05) is 0 Å². The van der Waals surface area contributed by atoms with E-state index in [4.69, 9.17) is 4.74 Å². The molecule has 4 atom stereocenters. The molecule has 2 heteroatoms. The third kappa shape index (κ3) is 1.50. The van der Waals surface area contributed by atoms with Gasteiger partial charge in [0.2, 0.25) is 0 Å². The lowest BCUT2D eigenvalue weighted by atomic mass is 9.85. The normalized spacial score (nSPS) is 41.1. The van der Waals surface area contributed by atoms with E-state index in [0.29, 0.717) is 11.5 Å². The Bertz CT molecular complexity index is 419. The SMILES string of the molecule is C=C1C(=O)O[C@@H]2C3=C(C)CC[C@@H]3[C@H](C)CC[C@H]12. The number of carbonyl (C=O) groups excluding carboxylic acids is 1. The van der Waals surface area contributed by atoms with E-state index < -0.39 is 0 Å². The van der Waals surface area contributed by atoms with Crippen LogP contribution in [0.25, 0.3) is 0 Å². The minimum Gasteiger partial charge on any atom is -0.454 e. The molecule has 3 rings (SSSR count). The fourth-order valence-corrected chi connectivity index (χ4v) is 3.89. The maximum Gasteiger partial charge on any atom is 0.334 e. The van der Waals surface area contributed by atoms with Crippen LogP contribution in [-0.4, -0.2) is 12.1 Å².